The summed E-state index contributed by atoms with van der Waals surface area (Å²) in [6.45, 7) is 1.95. The third kappa shape index (κ3) is 4.81. The fourth-order valence-electron chi connectivity index (χ4n) is 4.44. The first kappa shape index (κ1) is 22.1. The minimum atomic E-state index is 0.455. The van der Waals surface area contributed by atoms with Crippen molar-refractivity contribution in [2.24, 2.45) is 0 Å². The van der Waals surface area contributed by atoms with Gasteiger partial charge in [0.25, 0.3) is 0 Å². The smallest absolute Gasteiger partial charge is 0.186 e. The maximum atomic E-state index is 6.13. The lowest BCUT2D eigenvalue weighted by molar-refractivity contribution is 0.306. The molecular weight excluding hydrogens is 483 g/mol. The van der Waals surface area contributed by atoms with Gasteiger partial charge < -0.3 is 14.7 Å². The molecule has 2 aliphatic rings. The Balaban J connectivity index is 1.21. The van der Waals surface area contributed by atoms with Gasteiger partial charge in [-0.25, -0.2) is 4.98 Å². The summed E-state index contributed by atoms with van der Waals surface area (Å²) in [5, 5.41) is 12.9. The third-order valence-corrected chi connectivity index (χ3v) is 8.44. The zero-order valence-electron chi connectivity index (χ0n) is 17.5. The van der Waals surface area contributed by atoms with Crippen molar-refractivity contribution in [2.75, 3.05) is 13.1 Å². The maximum Gasteiger partial charge on any atom is 0.186 e. The topological polar surface area (TPSA) is 54.2 Å². The highest BCUT2D eigenvalue weighted by atomic mass is 35.5. The molecular formula is C23H24Cl2N4OS2. The number of halogens is 2. The van der Waals surface area contributed by atoms with Crippen molar-refractivity contribution in [1.82, 2.24) is 20.4 Å². The summed E-state index contributed by atoms with van der Waals surface area (Å²) in [6, 6.07) is 7.89. The number of thiazole rings is 1. The molecule has 1 saturated heterocycles. The summed E-state index contributed by atoms with van der Waals surface area (Å²) < 4.78 is 5.57. The summed E-state index contributed by atoms with van der Waals surface area (Å²) in [6.07, 6.45) is 7.23. The Labute approximate surface area is 207 Å². The van der Waals surface area contributed by atoms with Crippen molar-refractivity contribution in [3.8, 4) is 22.7 Å². The second-order valence-corrected chi connectivity index (χ2v) is 10.6. The Morgan fingerprint density at radius 3 is 2.59 bits per heavy atom. The molecule has 9 heteroatoms. The van der Waals surface area contributed by atoms with Crippen LogP contribution in [0.3, 0.4) is 0 Å². The second kappa shape index (κ2) is 9.67. The molecule has 0 atom stereocenters. The number of nitrogens with one attached hydrogen (secondary N) is 1. The predicted molar refractivity (Wildman–Crippen MR) is 135 cm³/mol. The lowest BCUT2D eigenvalue weighted by Crippen LogP contribution is -2.46. The van der Waals surface area contributed by atoms with E-state index in [1.807, 2.05) is 17.5 Å². The Morgan fingerprint density at radius 2 is 1.84 bits per heavy atom. The van der Waals surface area contributed by atoms with E-state index in [2.05, 4.69) is 15.4 Å². The van der Waals surface area contributed by atoms with Gasteiger partial charge in [0.05, 0.1) is 15.1 Å². The van der Waals surface area contributed by atoms with E-state index in [-0.39, 0.29) is 0 Å². The number of benzene rings is 1. The number of hydrogen-bond acceptors (Lipinski definition) is 5. The molecule has 5 rings (SSSR count). The molecule has 1 aromatic carbocycles. The van der Waals surface area contributed by atoms with Gasteiger partial charge in [0.15, 0.2) is 10.9 Å². The standard InChI is InChI=1S/C23H24Cl2N4OS2/c24-17-6-5-15(11-18(17)25)19-12-21(30-28-19)20-13-32-22(27-20)14-7-9-29(10-8-14)23(31)26-16-3-1-2-4-16/h5-6,11-14,16H,1-4,7-10H2,(H,26,31). The molecule has 1 saturated carbocycles. The average Bonchev–Trinajstić information content (AvgIpc) is 3.57. The van der Waals surface area contributed by atoms with E-state index in [1.165, 1.54) is 25.7 Å². The van der Waals surface area contributed by atoms with Crippen LogP contribution < -0.4 is 5.32 Å². The molecule has 1 aliphatic heterocycles. The van der Waals surface area contributed by atoms with Gasteiger partial charge in [0.1, 0.15) is 11.4 Å². The maximum absolute atomic E-state index is 6.13. The molecule has 1 N–H and O–H groups in total. The largest absolute Gasteiger partial charge is 0.360 e. The molecule has 5 nitrogen and oxygen atoms in total. The minimum Gasteiger partial charge on any atom is -0.360 e. The monoisotopic (exact) mass is 506 g/mol. The Hall–Kier alpha value is -1.67. The van der Waals surface area contributed by atoms with Gasteiger partial charge in [-0.3, -0.25) is 0 Å². The van der Waals surface area contributed by atoms with Gasteiger partial charge in [0.2, 0.25) is 0 Å². The Morgan fingerprint density at radius 1 is 1.06 bits per heavy atom. The predicted octanol–water partition coefficient (Wildman–Crippen LogP) is 6.77. The van der Waals surface area contributed by atoms with Crippen LogP contribution in [0.4, 0.5) is 0 Å². The number of thiocarbonyl (C=S) groups is 1. The van der Waals surface area contributed by atoms with Crippen LogP contribution in [0, 0.1) is 0 Å². The highest BCUT2D eigenvalue weighted by molar-refractivity contribution is 7.80. The van der Waals surface area contributed by atoms with E-state index in [0.29, 0.717) is 33.5 Å². The molecule has 3 aromatic rings. The first-order valence-electron chi connectivity index (χ1n) is 11.0. The number of likely N-dealkylation sites (tertiary alicyclic amines) is 1. The van der Waals surface area contributed by atoms with E-state index >= 15 is 0 Å². The first-order valence-corrected chi connectivity index (χ1v) is 13.0. The molecule has 0 radical (unpaired) electrons. The van der Waals surface area contributed by atoms with Crippen molar-refractivity contribution in [3.05, 3.63) is 44.7 Å². The van der Waals surface area contributed by atoms with Gasteiger partial charge in [0, 0.05) is 42.1 Å². The molecule has 0 unspecified atom stereocenters. The van der Waals surface area contributed by atoms with Crippen LogP contribution in [0.1, 0.15) is 49.5 Å². The minimum absolute atomic E-state index is 0.455. The fraction of sp³-hybridized carbons (Fsp3) is 0.435. The van der Waals surface area contributed by atoms with Crippen LogP contribution in [-0.2, 0) is 0 Å². The normalized spacial score (nSPS) is 17.8. The lowest BCUT2D eigenvalue weighted by Gasteiger charge is -2.34. The molecule has 1 aliphatic carbocycles. The summed E-state index contributed by atoms with van der Waals surface area (Å²) >= 11 is 19.5. The van der Waals surface area contributed by atoms with Crippen molar-refractivity contribution >= 4 is 51.9 Å². The van der Waals surface area contributed by atoms with Gasteiger partial charge >= 0.3 is 0 Å². The highest BCUT2D eigenvalue weighted by Gasteiger charge is 2.26. The Bertz CT molecular complexity index is 1100. The van der Waals surface area contributed by atoms with Gasteiger partial charge in [-0.15, -0.1) is 11.3 Å². The molecule has 2 fully saturated rings. The van der Waals surface area contributed by atoms with E-state index < -0.39 is 0 Å². The number of rotatable bonds is 4. The van der Waals surface area contributed by atoms with E-state index in [1.54, 1.807) is 23.5 Å². The first-order chi connectivity index (χ1) is 15.6. The van der Waals surface area contributed by atoms with Crippen LogP contribution in [-0.4, -0.2) is 39.3 Å². The van der Waals surface area contributed by atoms with Crippen LogP contribution in [0.25, 0.3) is 22.7 Å². The van der Waals surface area contributed by atoms with E-state index in [0.717, 1.165) is 47.3 Å². The van der Waals surface area contributed by atoms with Crippen molar-refractivity contribution in [3.63, 3.8) is 0 Å². The third-order valence-electron chi connectivity index (χ3n) is 6.31. The molecule has 0 bridgehead atoms. The number of nitrogens with zero attached hydrogens (tertiary/aromatic N) is 3. The van der Waals surface area contributed by atoms with Crippen LogP contribution in [0.15, 0.2) is 34.2 Å². The van der Waals surface area contributed by atoms with E-state index in [9.17, 15) is 0 Å². The molecule has 0 amide bonds. The van der Waals surface area contributed by atoms with Crippen molar-refractivity contribution < 1.29 is 4.52 Å². The fourth-order valence-corrected chi connectivity index (χ4v) is 6.07. The molecule has 3 heterocycles. The van der Waals surface area contributed by atoms with Crippen molar-refractivity contribution in [1.29, 1.82) is 0 Å². The van der Waals surface area contributed by atoms with Crippen LogP contribution in [0.5, 0.6) is 0 Å². The van der Waals surface area contributed by atoms with Crippen LogP contribution in [0.2, 0.25) is 10.0 Å². The molecule has 168 valence electrons. The summed E-state index contributed by atoms with van der Waals surface area (Å²) in [5.41, 5.74) is 2.40. The zero-order valence-corrected chi connectivity index (χ0v) is 20.7. The van der Waals surface area contributed by atoms with Crippen molar-refractivity contribution in [2.45, 2.75) is 50.5 Å². The summed E-state index contributed by atoms with van der Waals surface area (Å²) in [4.78, 5) is 7.18. The lowest BCUT2D eigenvalue weighted by atomic mass is 9.98. The second-order valence-electron chi connectivity index (χ2n) is 8.47. The molecule has 2 aromatic heterocycles. The van der Waals surface area contributed by atoms with Gasteiger partial charge in [-0.2, -0.15) is 0 Å². The average molecular weight is 508 g/mol. The van der Waals surface area contributed by atoms with E-state index in [4.69, 9.17) is 44.9 Å². The zero-order chi connectivity index (χ0) is 22.1. The number of piperidine rings is 1. The van der Waals surface area contributed by atoms with Gasteiger partial charge in [-0.05, 0) is 50.0 Å². The summed E-state index contributed by atoms with van der Waals surface area (Å²) in [7, 11) is 0. The Kier molecular flexibility index (Phi) is 6.69. The van der Waals surface area contributed by atoms with Crippen LogP contribution >= 0.6 is 46.8 Å². The van der Waals surface area contributed by atoms with Gasteiger partial charge in [-0.1, -0.05) is 47.3 Å². The molecule has 32 heavy (non-hydrogen) atoms. The highest BCUT2D eigenvalue weighted by Crippen LogP contribution is 2.35. The number of hydrogen-bond donors (Lipinski definition) is 1. The summed E-state index contributed by atoms with van der Waals surface area (Å²) in [5.74, 6) is 1.12. The number of aromatic nitrogens is 2. The SMILES string of the molecule is S=C(NC1CCCC1)N1CCC(c2nc(-c3cc(-c4ccc(Cl)c(Cl)c4)no3)cs2)CC1. The quantitative estimate of drug-likeness (QED) is 0.394. The molecule has 0 spiro atoms.